The fourth-order valence-corrected chi connectivity index (χ4v) is 4.10. The fourth-order valence-electron chi connectivity index (χ4n) is 2.56. The predicted molar refractivity (Wildman–Crippen MR) is 59.7 cm³/mol. The highest BCUT2D eigenvalue weighted by Gasteiger charge is 2.31. The van der Waals surface area contributed by atoms with Crippen molar-refractivity contribution in [3.8, 4) is 0 Å². The molecule has 5 heteroatoms. The van der Waals surface area contributed by atoms with Crippen LogP contribution in [0.4, 0.5) is 0 Å². The number of nitrogens with zero attached hydrogens (tertiary/aromatic N) is 1. The zero-order valence-electron chi connectivity index (χ0n) is 9.11. The van der Waals surface area contributed by atoms with Crippen molar-refractivity contribution in [2.45, 2.75) is 51.0 Å². The smallest absolute Gasteiger partial charge is 0.202 e. The Balaban J connectivity index is 2.06. The van der Waals surface area contributed by atoms with Crippen molar-refractivity contribution >= 4 is 10.2 Å². The first kappa shape index (κ1) is 11.4. The number of hydrogen-bond acceptors (Lipinski definition) is 2. The van der Waals surface area contributed by atoms with Gasteiger partial charge in [-0.3, -0.25) is 0 Å². The summed E-state index contributed by atoms with van der Waals surface area (Å²) in [6.45, 7) is 1.31. The summed E-state index contributed by atoms with van der Waals surface area (Å²) in [6.07, 6.45) is 7.90. The molecule has 88 valence electrons. The Bertz CT molecular complexity index is 295. The lowest BCUT2D eigenvalue weighted by atomic mass is 10.1. The highest BCUT2D eigenvalue weighted by Crippen LogP contribution is 2.24. The van der Waals surface area contributed by atoms with Crippen LogP contribution < -0.4 is 4.72 Å². The molecule has 0 aromatic carbocycles. The van der Waals surface area contributed by atoms with Gasteiger partial charge in [-0.25, -0.2) is 4.72 Å². The van der Waals surface area contributed by atoms with Crippen molar-refractivity contribution < 1.29 is 8.42 Å². The normalized spacial score (nSPS) is 29.9. The molecule has 4 nitrogen and oxygen atoms in total. The first-order chi connectivity index (χ1) is 7.20. The molecule has 1 aliphatic carbocycles. The van der Waals surface area contributed by atoms with E-state index < -0.39 is 10.2 Å². The van der Waals surface area contributed by atoms with E-state index >= 15 is 0 Å². The molecule has 0 bridgehead atoms. The minimum Gasteiger partial charge on any atom is -0.202 e. The molecule has 0 unspecified atom stereocenters. The molecule has 1 N–H and O–H groups in total. The molecular formula is C10H20N2O2S. The Hall–Kier alpha value is -0.130. The van der Waals surface area contributed by atoms with E-state index in [1.54, 1.807) is 4.31 Å². The Morgan fingerprint density at radius 1 is 1.00 bits per heavy atom. The van der Waals surface area contributed by atoms with Gasteiger partial charge >= 0.3 is 0 Å². The molecule has 2 rings (SSSR count). The summed E-state index contributed by atoms with van der Waals surface area (Å²) in [4.78, 5) is 0. The standard InChI is InChI=1S/C10H20N2O2S/c13-15(14)11-8-5-9-12(15)10-6-3-1-2-4-7-10/h10-11H,1-9H2. The minimum atomic E-state index is -3.16. The summed E-state index contributed by atoms with van der Waals surface area (Å²) in [6, 6.07) is 0.255. The molecular weight excluding hydrogens is 212 g/mol. The maximum absolute atomic E-state index is 11.8. The van der Waals surface area contributed by atoms with Crippen molar-refractivity contribution in [1.29, 1.82) is 0 Å². The monoisotopic (exact) mass is 232 g/mol. The first-order valence-corrected chi connectivity index (χ1v) is 7.40. The molecule has 1 heterocycles. The molecule has 0 amide bonds. The molecule has 0 aromatic heterocycles. The molecule has 2 aliphatic rings. The molecule has 0 aromatic rings. The SMILES string of the molecule is O=S1(=O)NCCCN1C1CCCCCC1. The highest BCUT2D eigenvalue weighted by molar-refractivity contribution is 7.87. The van der Waals surface area contributed by atoms with Gasteiger partial charge in [0.25, 0.3) is 10.2 Å². The van der Waals surface area contributed by atoms with Gasteiger partial charge in [0.2, 0.25) is 0 Å². The largest absolute Gasteiger partial charge is 0.279 e. The third-order valence-corrected chi connectivity index (χ3v) is 5.05. The van der Waals surface area contributed by atoms with Gasteiger partial charge in [-0.05, 0) is 19.3 Å². The molecule has 0 spiro atoms. The van der Waals surface area contributed by atoms with E-state index in [9.17, 15) is 8.42 Å². The Morgan fingerprint density at radius 2 is 1.67 bits per heavy atom. The molecule has 1 saturated heterocycles. The van der Waals surface area contributed by atoms with Gasteiger partial charge in [-0.15, -0.1) is 0 Å². The number of hydrogen-bond donors (Lipinski definition) is 1. The second-order valence-corrected chi connectivity index (χ2v) is 6.22. The van der Waals surface area contributed by atoms with Crippen molar-refractivity contribution in [1.82, 2.24) is 9.03 Å². The van der Waals surface area contributed by atoms with Crippen molar-refractivity contribution in [2.75, 3.05) is 13.1 Å². The van der Waals surface area contributed by atoms with Gasteiger partial charge in [0.05, 0.1) is 0 Å². The molecule has 1 aliphatic heterocycles. The van der Waals surface area contributed by atoms with Gasteiger partial charge in [-0.2, -0.15) is 12.7 Å². The maximum Gasteiger partial charge on any atom is 0.279 e. The first-order valence-electron chi connectivity index (χ1n) is 5.96. The van der Waals surface area contributed by atoms with Gasteiger partial charge in [0.1, 0.15) is 0 Å². The summed E-state index contributed by atoms with van der Waals surface area (Å²) >= 11 is 0. The van der Waals surface area contributed by atoms with Crippen LogP contribution in [0, 0.1) is 0 Å². The van der Waals surface area contributed by atoms with Gasteiger partial charge in [0, 0.05) is 19.1 Å². The lowest BCUT2D eigenvalue weighted by Gasteiger charge is -2.33. The van der Waals surface area contributed by atoms with Crippen LogP contribution in [0.5, 0.6) is 0 Å². The van der Waals surface area contributed by atoms with E-state index in [0.29, 0.717) is 13.1 Å². The van der Waals surface area contributed by atoms with Gasteiger partial charge in [-0.1, -0.05) is 25.7 Å². The highest BCUT2D eigenvalue weighted by atomic mass is 32.2. The molecule has 0 atom stereocenters. The van der Waals surface area contributed by atoms with Crippen LogP contribution in [0.25, 0.3) is 0 Å². The number of nitrogens with one attached hydrogen (secondary N) is 1. The third-order valence-electron chi connectivity index (χ3n) is 3.38. The zero-order valence-corrected chi connectivity index (χ0v) is 9.93. The summed E-state index contributed by atoms with van der Waals surface area (Å²) in [5, 5.41) is 0. The molecule has 0 radical (unpaired) electrons. The minimum absolute atomic E-state index is 0.255. The van der Waals surface area contributed by atoms with E-state index in [0.717, 1.165) is 19.3 Å². The van der Waals surface area contributed by atoms with E-state index in [1.165, 1.54) is 25.7 Å². The number of rotatable bonds is 1. The van der Waals surface area contributed by atoms with Crippen LogP contribution in [0.2, 0.25) is 0 Å². The second-order valence-electron chi connectivity index (χ2n) is 4.51. The van der Waals surface area contributed by atoms with E-state index in [4.69, 9.17) is 0 Å². The lowest BCUT2D eigenvalue weighted by Crippen LogP contribution is -2.51. The quantitative estimate of drug-likeness (QED) is 0.692. The van der Waals surface area contributed by atoms with Crippen molar-refractivity contribution in [3.05, 3.63) is 0 Å². The topological polar surface area (TPSA) is 49.4 Å². The average molecular weight is 232 g/mol. The van der Waals surface area contributed by atoms with Crippen LogP contribution in [0.1, 0.15) is 44.9 Å². The summed E-state index contributed by atoms with van der Waals surface area (Å²) in [7, 11) is -3.16. The maximum atomic E-state index is 11.8. The zero-order chi connectivity index (χ0) is 10.7. The average Bonchev–Trinajstić information content (AvgIpc) is 2.45. The summed E-state index contributed by atoms with van der Waals surface area (Å²) in [5.41, 5.74) is 0. The lowest BCUT2D eigenvalue weighted by molar-refractivity contribution is 0.273. The van der Waals surface area contributed by atoms with Crippen LogP contribution >= 0.6 is 0 Å². The van der Waals surface area contributed by atoms with Crippen LogP contribution in [-0.4, -0.2) is 31.9 Å². The van der Waals surface area contributed by atoms with Crippen LogP contribution in [0.15, 0.2) is 0 Å². The Morgan fingerprint density at radius 3 is 2.27 bits per heavy atom. The van der Waals surface area contributed by atoms with Crippen LogP contribution in [0.3, 0.4) is 0 Å². The second kappa shape index (κ2) is 4.80. The molecule has 15 heavy (non-hydrogen) atoms. The third kappa shape index (κ3) is 2.71. The van der Waals surface area contributed by atoms with Crippen LogP contribution in [-0.2, 0) is 10.2 Å². The summed E-state index contributed by atoms with van der Waals surface area (Å²) < 4.78 is 27.9. The Labute approximate surface area is 92.2 Å². The van der Waals surface area contributed by atoms with Crippen molar-refractivity contribution in [2.24, 2.45) is 0 Å². The molecule has 2 fully saturated rings. The predicted octanol–water partition coefficient (Wildman–Crippen LogP) is 1.25. The Kier molecular flexibility index (Phi) is 3.64. The van der Waals surface area contributed by atoms with Gasteiger partial charge in [0.15, 0.2) is 0 Å². The van der Waals surface area contributed by atoms with Crippen molar-refractivity contribution in [3.63, 3.8) is 0 Å². The fraction of sp³-hybridized carbons (Fsp3) is 1.00. The van der Waals surface area contributed by atoms with E-state index in [1.807, 2.05) is 0 Å². The van der Waals surface area contributed by atoms with E-state index in [2.05, 4.69) is 4.72 Å². The van der Waals surface area contributed by atoms with Gasteiger partial charge < -0.3 is 0 Å². The molecule has 1 saturated carbocycles. The van der Waals surface area contributed by atoms with E-state index in [-0.39, 0.29) is 6.04 Å². The summed E-state index contributed by atoms with van der Waals surface area (Å²) in [5.74, 6) is 0.